The molecule has 1 heterocycles. The Morgan fingerprint density at radius 2 is 1.75 bits per heavy atom. The highest BCUT2D eigenvalue weighted by molar-refractivity contribution is 6.31. The lowest BCUT2D eigenvalue weighted by Gasteiger charge is -2.31. The second-order valence-corrected chi connectivity index (χ2v) is 10.7. The van der Waals surface area contributed by atoms with Crippen molar-refractivity contribution in [3.63, 3.8) is 0 Å². The molecule has 224 valence electrons. The molecule has 0 saturated carbocycles. The number of nitrogens with zero attached hydrogens (tertiary/aromatic N) is 4. The first-order chi connectivity index (χ1) is 21.5. The quantitative estimate of drug-likeness (QED) is 0.0739. The number of halogens is 1. The van der Waals surface area contributed by atoms with Crippen LogP contribution in [0.3, 0.4) is 0 Å². The third-order valence-corrected chi connectivity index (χ3v) is 7.72. The largest absolute Gasteiger partial charge is 0.494 e. The molecule has 5 rings (SSSR count). The maximum Gasteiger partial charge on any atom is 0.252 e. The molecule has 9 nitrogen and oxygen atoms in total. The van der Waals surface area contributed by atoms with E-state index in [1.54, 1.807) is 30.3 Å². The second-order valence-electron chi connectivity index (χ2n) is 10.3. The summed E-state index contributed by atoms with van der Waals surface area (Å²) in [5, 5.41) is 16.7. The van der Waals surface area contributed by atoms with Crippen molar-refractivity contribution in [1.82, 2.24) is 5.32 Å². The molecule has 0 aromatic heterocycles. The summed E-state index contributed by atoms with van der Waals surface area (Å²) >= 11 is 6.37. The molecule has 0 unspecified atom stereocenters. The number of ether oxygens (including phenoxy) is 2. The Hall–Kier alpha value is -4.82. The Labute approximate surface area is 260 Å². The number of hydrogen-bond acceptors (Lipinski definition) is 6. The highest BCUT2D eigenvalue weighted by atomic mass is 35.5. The minimum absolute atomic E-state index is 0.0470. The fourth-order valence-electron chi connectivity index (χ4n) is 5.18. The van der Waals surface area contributed by atoms with E-state index < -0.39 is 11.6 Å². The zero-order valence-electron chi connectivity index (χ0n) is 24.0. The van der Waals surface area contributed by atoms with E-state index in [-0.39, 0.29) is 24.8 Å². The molecule has 1 aliphatic rings. The van der Waals surface area contributed by atoms with Crippen LogP contribution in [0.15, 0.2) is 113 Å². The molecule has 4 aromatic carbocycles. The van der Waals surface area contributed by atoms with E-state index in [2.05, 4.69) is 15.3 Å². The summed E-state index contributed by atoms with van der Waals surface area (Å²) in [7, 11) is 0. The third-order valence-electron chi connectivity index (χ3n) is 7.36. The molecule has 4 aromatic rings. The van der Waals surface area contributed by atoms with Crippen LogP contribution in [0.5, 0.6) is 5.75 Å². The molecule has 0 radical (unpaired) electrons. The predicted molar refractivity (Wildman–Crippen MR) is 170 cm³/mol. The van der Waals surface area contributed by atoms with E-state index in [9.17, 15) is 10.3 Å². The normalized spacial score (nSPS) is 17.2. The van der Waals surface area contributed by atoms with E-state index >= 15 is 0 Å². The number of amides is 1. The predicted octanol–water partition coefficient (Wildman–Crippen LogP) is 6.90. The van der Waals surface area contributed by atoms with Crippen molar-refractivity contribution in [3.8, 4) is 5.75 Å². The molecule has 0 bridgehead atoms. The first kappa shape index (κ1) is 30.6. The molecule has 0 saturated heterocycles. The molecule has 1 amide bonds. The first-order valence-electron chi connectivity index (χ1n) is 14.3. The van der Waals surface area contributed by atoms with E-state index in [0.29, 0.717) is 53.6 Å². The Bertz CT molecular complexity index is 1660. The van der Waals surface area contributed by atoms with Gasteiger partial charge in [0, 0.05) is 52.7 Å². The lowest BCUT2D eigenvalue weighted by molar-refractivity contribution is -0.128. The summed E-state index contributed by atoms with van der Waals surface area (Å²) in [6.07, 6.45) is 0.381. The van der Waals surface area contributed by atoms with Crippen LogP contribution < -0.4 is 10.1 Å². The number of aliphatic hydroxyl groups is 1. The summed E-state index contributed by atoms with van der Waals surface area (Å²) in [5.74, 6) is 0.594. The topological polar surface area (TPSA) is 129 Å². The molecule has 0 spiro atoms. The Kier molecular flexibility index (Phi) is 10.1. The van der Waals surface area contributed by atoms with Gasteiger partial charge in [0.1, 0.15) is 5.75 Å². The highest BCUT2D eigenvalue weighted by Gasteiger charge is 2.53. The van der Waals surface area contributed by atoms with Crippen LogP contribution in [-0.2, 0) is 22.4 Å². The van der Waals surface area contributed by atoms with Crippen LogP contribution >= 0.6 is 11.6 Å². The summed E-state index contributed by atoms with van der Waals surface area (Å²) < 4.78 is 12.2. The Balaban J connectivity index is 1.55. The minimum atomic E-state index is -1.44. The summed E-state index contributed by atoms with van der Waals surface area (Å²) in [6, 6.07) is 31.4. The average Bonchev–Trinajstić information content (AvgIpc) is 3.43. The van der Waals surface area contributed by atoms with Crippen molar-refractivity contribution in [2.24, 2.45) is 10.1 Å². The lowest BCUT2D eigenvalue weighted by Crippen LogP contribution is -2.50. The second kappa shape index (κ2) is 14.6. The van der Waals surface area contributed by atoms with Gasteiger partial charge in [-0.3, -0.25) is 4.79 Å². The van der Waals surface area contributed by atoms with Crippen LogP contribution in [0.4, 0.5) is 5.69 Å². The zero-order chi connectivity index (χ0) is 30.8. The molecule has 10 heteroatoms. The maximum atomic E-state index is 14.4. The van der Waals surface area contributed by atoms with Crippen molar-refractivity contribution in [3.05, 3.63) is 141 Å². The number of aliphatic hydroxyl groups excluding tert-OH is 1. The van der Waals surface area contributed by atoms with Crippen LogP contribution in [0, 0.1) is 0 Å². The summed E-state index contributed by atoms with van der Waals surface area (Å²) in [5.41, 5.74) is 11.2. The van der Waals surface area contributed by atoms with Crippen LogP contribution in [0.1, 0.15) is 34.8 Å². The number of benzene rings is 4. The van der Waals surface area contributed by atoms with Gasteiger partial charge in [0.15, 0.2) is 11.6 Å². The van der Waals surface area contributed by atoms with Gasteiger partial charge in [-0.05, 0) is 53.4 Å². The van der Waals surface area contributed by atoms with E-state index in [4.69, 9.17) is 31.2 Å². The standard InChI is InChI=1S/C34H32ClN5O4/c35-29-13-6-4-11-25(29)19-20-37-33(42)34(23-24-9-2-1-3-10-24)31(28-12-5-7-14-30(28)39-40-36)44-32(38-34)26-15-17-27(18-16-26)43-22-8-21-41/h1-7,9-18,31,41H,8,19-23H2,(H,37,42)/t31-,34-/m1/s1. The van der Waals surface area contributed by atoms with Crippen LogP contribution in [-0.4, -0.2) is 42.2 Å². The van der Waals surface area contributed by atoms with Gasteiger partial charge in [0.25, 0.3) is 5.91 Å². The first-order valence-corrected chi connectivity index (χ1v) is 14.7. The van der Waals surface area contributed by atoms with Gasteiger partial charge in [0.05, 0.1) is 6.61 Å². The molecular formula is C34H32ClN5O4. The summed E-state index contributed by atoms with van der Waals surface area (Å²) in [4.78, 5) is 22.5. The van der Waals surface area contributed by atoms with E-state index in [0.717, 1.165) is 11.1 Å². The molecule has 2 atom stereocenters. The van der Waals surface area contributed by atoms with Gasteiger partial charge in [-0.2, -0.15) is 0 Å². The molecule has 2 N–H and O–H groups in total. The number of nitrogens with one attached hydrogen (secondary N) is 1. The third kappa shape index (κ3) is 7.03. The lowest BCUT2D eigenvalue weighted by atomic mass is 9.81. The smallest absolute Gasteiger partial charge is 0.252 e. The number of carbonyl (C=O) groups is 1. The Morgan fingerprint density at radius 3 is 2.50 bits per heavy atom. The van der Waals surface area contributed by atoms with Crippen molar-refractivity contribution >= 4 is 29.1 Å². The highest BCUT2D eigenvalue weighted by Crippen LogP contribution is 2.45. The van der Waals surface area contributed by atoms with Gasteiger partial charge in [0.2, 0.25) is 5.90 Å². The van der Waals surface area contributed by atoms with Crippen molar-refractivity contribution in [1.29, 1.82) is 0 Å². The maximum absolute atomic E-state index is 14.4. The monoisotopic (exact) mass is 609 g/mol. The number of azide groups is 1. The molecule has 44 heavy (non-hydrogen) atoms. The zero-order valence-corrected chi connectivity index (χ0v) is 24.7. The van der Waals surface area contributed by atoms with Crippen molar-refractivity contribution < 1.29 is 19.4 Å². The van der Waals surface area contributed by atoms with Crippen molar-refractivity contribution in [2.45, 2.75) is 30.9 Å². The minimum Gasteiger partial charge on any atom is -0.494 e. The number of carbonyl (C=O) groups excluding carboxylic acids is 1. The van der Waals surface area contributed by atoms with Gasteiger partial charge in [-0.15, -0.1) is 0 Å². The number of hydrogen-bond donors (Lipinski definition) is 2. The SMILES string of the molecule is [N-]=[N+]=Nc1ccccc1[C@H]1OC(c2ccc(OCCCO)cc2)=N[C@@]1(Cc1ccccc1)C(=O)NCCc1ccccc1Cl. The van der Waals surface area contributed by atoms with Gasteiger partial charge < -0.3 is 19.9 Å². The van der Waals surface area contributed by atoms with Gasteiger partial charge in [-0.1, -0.05) is 89.5 Å². The molecule has 0 aliphatic carbocycles. The number of aliphatic imine (C=N–C) groups is 1. The van der Waals surface area contributed by atoms with Gasteiger partial charge >= 0.3 is 0 Å². The van der Waals surface area contributed by atoms with Gasteiger partial charge in [-0.25, -0.2) is 4.99 Å². The fraction of sp³-hybridized carbons (Fsp3) is 0.235. The van der Waals surface area contributed by atoms with Crippen molar-refractivity contribution in [2.75, 3.05) is 19.8 Å². The van der Waals surface area contributed by atoms with E-state index in [1.165, 1.54) is 0 Å². The van der Waals surface area contributed by atoms with Crippen LogP contribution in [0.2, 0.25) is 5.02 Å². The Morgan fingerprint density at radius 1 is 1.02 bits per heavy atom. The molecule has 1 aliphatic heterocycles. The van der Waals surface area contributed by atoms with Crippen LogP contribution in [0.25, 0.3) is 10.4 Å². The summed E-state index contributed by atoms with van der Waals surface area (Å²) in [6.45, 7) is 0.764. The molecular weight excluding hydrogens is 578 g/mol. The fourth-order valence-corrected chi connectivity index (χ4v) is 5.41. The molecule has 0 fully saturated rings. The average molecular weight is 610 g/mol. The number of rotatable bonds is 13. The van der Waals surface area contributed by atoms with E-state index in [1.807, 2.05) is 72.8 Å².